The quantitative estimate of drug-likeness (QED) is 0.842. The molecule has 0 aliphatic carbocycles. The minimum absolute atomic E-state index is 0.329. The minimum atomic E-state index is -4.37. The Morgan fingerprint density at radius 2 is 1.52 bits per heavy atom. The first-order chi connectivity index (χ1) is 9.68. The molecular formula is C16H15F4N. The molecule has 1 unspecified atom stereocenters. The monoisotopic (exact) mass is 297 g/mol. The number of halogens is 4. The normalized spacial score (nSPS) is 14.8. The van der Waals surface area contributed by atoms with Crippen LogP contribution in [0.2, 0.25) is 0 Å². The lowest BCUT2D eigenvalue weighted by atomic mass is 9.86. The molecule has 21 heavy (non-hydrogen) atoms. The topological polar surface area (TPSA) is 26.0 Å². The van der Waals surface area contributed by atoms with Gasteiger partial charge in [0.1, 0.15) is 5.82 Å². The molecule has 0 heterocycles. The molecule has 112 valence electrons. The van der Waals surface area contributed by atoms with Crippen LogP contribution in [0.15, 0.2) is 48.5 Å². The average molecular weight is 297 g/mol. The molecule has 0 radical (unpaired) electrons. The highest BCUT2D eigenvalue weighted by Crippen LogP contribution is 2.31. The molecule has 0 fully saturated rings. The van der Waals surface area contributed by atoms with E-state index in [-0.39, 0.29) is 5.82 Å². The van der Waals surface area contributed by atoms with Gasteiger partial charge in [-0.3, -0.25) is 0 Å². The van der Waals surface area contributed by atoms with Gasteiger partial charge in [0.15, 0.2) is 0 Å². The van der Waals surface area contributed by atoms with Crippen molar-refractivity contribution in [2.75, 3.05) is 0 Å². The smallest absolute Gasteiger partial charge is 0.321 e. The molecule has 0 aliphatic rings. The molecule has 0 aliphatic heterocycles. The molecule has 5 heteroatoms. The molecule has 0 saturated carbocycles. The van der Waals surface area contributed by atoms with Crippen LogP contribution < -0.4 is 5.73 Å². The van der Waals surface area contributed by atoms with Crippen molar-refractivity contribution in [1.82, 2.24) is 0 Å². The lowest BCUT2D eigenvalue weighted by molar-refractivity contribution is -0.137. The molecule has 2 aromatic rings. The van der Waals surface area contributed by atoms with Gasteiger partial charge in [0.25, 0.3) is 0 Å². The summed E-state index contributed by atoms with van der Waals surface area (Å²) in [7, 11) is 0. The maximum atomic E-state index is 13.2. The molecular weight excluding hydrogens is 282 g/mol. The second-order valence-corrected chi connectivity index (χ2v) is 5.30. The zero-order valence-electron chi connectivity index (χ0n) is 11.4. The summed E-state index contributed by atoms with van der Waals surface area (Å²) in [5.74, 6) is -0.365. The van der Waals surface area contributed by atoms with E-state index in [4.69, 9.17) is 5.73 Å². The van der Waals surface area contributed by atoms with Crippen LogP contribution in [0.3, 0.4) is 0 Å². The zero-order valence-corrected chi connectivity index (χ0v) is 11.4. The van der Waals surface area contributed by atoms with E-state index in [1.807, 2.05) is 0 Å². The maximum absolute atomic E-state index is 13.2. The van der Waals surface area contributed by atoms with Crippen LogP contribution in [0.1, 0.15) is 23.6 Å². The van der Waals surface area contributed by atoms with E-state index in [0.29, 0.717) is 17.5 Å². The summed E-state index contributed by atoms with van der Waals surface area (Å²) in [6.45, 7) is 1.71. The summed E-state index contributed by atoms with van der Waals surface area (Å²) in [6, 6.07) is 10.7. The van der Waals surface area contributed by atoms with Crippen LogP contribution in [0.25, 0.3) is 0 Å². The Morgan fingerprint density at radius 1 is 0.952 bits per heavy atom. The van der Waals surface area contributed by atoms with Crippen LogP contribution in [-0.2, 0) is 18.1 Å². The van der Waals surface area contributed by atoms with Gasteiger partial charge in [-0.25, -0.2) is 4.39 Å². The third-order valence-electron chi connectivity index (χ3n) is 3.33. The summed E-state index contributed by atoms with van der Waals surface area (Å²) in [6.07, 6.45) is -4.04. The molecule has 0 aromatic heterocycles. The van der Waals surface area contributed by atoms with E-state index >= 15 is 0 Å². The van der Waals surface area contributed by atoms with Crippen molar-refractivity contribution >= 4 is 0 Å². The molecule has 0 saturated heterocycles. The largest absolute Gasteiger partial charge is 0.416 e. The van der Waals surface area contributed by atoms with Crippen molar-refractivity contribution in [3.8, 4) is 0 Å². The van der Waals surface area contributed by atoms with Crippen molar-refractivity contribution in [2.24, 2.45) is 5.73 Å². The fraction of sp³-hybridized carbons (Fsp3) is 0.250. The Bertz CT molecular complexity index is 615. The van der Waals surface area contributed by atoms with Crippen molar-refractivity contribution in [2.45, 2.75) is 25.1 Å². The van der Waals surface area contributed by atoms with Crippen LogP contribution in [0, 0.1) is 5.82 Å². The lowest BCUT2D eigenvalue weighted by Crippen LogP contribution is -2.35. The Hall–Kier alpha value is -1.88. The highest BCUT2D eigenvalue weighted by atomic mass is 19.4. The molecule has 2 rings (SSSR count). The van der Waals surface area contributed by atoms with Gasteiger partial charge >= 0.3 is 6.18 Å². The summed E-state index contributed by atoms with van der Waals surface area (Å²) < 4.78 is 50.8. The summed E-state index contributed by atoms with van der Waals surface area (Å²) in [4.78, 5) is 0. The molecule has 2 N–H and O–H groups in total. The van der Waals surface area contributed by atoms with Crippen molar-refractivity contribution in [3.63, 3.8) is 0 Å². The number of rotatable bonds is 3. The molecule has 1 nitrogen and oxygen atoms in total. The number of nitrogens with two attached hydrogens (primary N) is 1. The minimum Gasteiger partial charge on any atom is -0.321 e. The van der Waals surface area contributed by atoms with Gasteiger partial charge in [-0.1, -0.05) is 24.3 Å². The average Bonchev–Trinajstić information content (AvgIpc) is 2.37. The Morgan fingerprint density at radius 3 is 2.05 bits per heavy atom. The third kappa shape index (κ3) is 3.82. The van der Waals surface area contributed by atoms with Gasteiger partial charge in [0.05, 0.1) is 5.56 Å². The first kappa shape index (κ1) is 15.5. The van der Waals surface area contributed by atoms with Gasteiger partial charge in [0.2, 0.25) is 0 Å². The highest BCUT2D eigenvalue weighted by Gasteiger charge is 2.31. The van der Waals surface area contributed by atoms with Gasteiger partial charge in [-0.15, -0.1) is 0 Å². The van der Waals surface area contributed by atoms with E-state index in [1.54, 1.807) is 19.1 Å². The molecule has 0 bridgehead atoms. The van der Waals surface area contributed by atoms with Gasteiger partial charge in [-0.2, -0.15) is 13.2 Å². The number of benzene rings is 2. The fourth-order valence-electron chi connectivity index (χ4n) is 2.21. The van der Waals surface area contributed by atoms with E-state index in [1.165, 1.54) is 24.3 Å². The van der Waals surface area contributed by atoms with E-state index in [0.717, 1.165) is 12.1 Å². The Balaban J connectivity index is 2.23. The van der Waals surface area contributed by atoms with E-state index in [9.17, 15) is 17.6 Å². The number of hydrogen-bond donors (Lipinski definition) is 1. The van der Waals surface area contributed by atoms with Gasteiger partial charge in [-0.05, 0) is 48.7 Å². The van der Waals surface area contributed by atoms with Gasteiger partial charge < -0.3 is 5.73 Å². The fourth-order valence-corrected chi connectivity index (χ4v) is 2.21. The molecule has 1 atom stereocenters. The first-order valence-electron chi connectivity index (χ1n) is 6.39. The Labute approximate surface area is 120 Å². The third-order valence-corrected chi connectivity index (χ3v) is 3.33. The van der Waals surface area contributed by atoms with Crippen molar-refractivity contribution in [1.29, 1.82) is 0 Å². The maximum Gasteiger partial charge on any atom is 0.416 e. The SMILES string of the molecule is CC(N)(Cc1cccc(F)c1)c1ccc(C(F)(F)F)cc1. The van der Waals surface area contributed by atoms with Crippen molar-refractivity contribution in [3.05, 3.63) is 71.0 Å². The summed E-state index contributed by atoms with van der Waals surface area (Å²) >= 11 is 0. The van der Waals surface area contributed by atoms with E-state index < -0.39 is 17.3 Å². The Kier molecular flexibility index (Phi) is 4.05. The second kappa shape index (κ2) is 5.48. The second-order valence-electron chi connectivity index (χ2n) is 5.30. The predicted molar refractivity (Wildman–Crippen MR) is 73.1 cm³/mol. The number of alkyl halides is 3. The standard InChI is InChI=1S/C16H15F4N/c1-15(21,10-11-3-2-4-14(17)9-11)12-5-7-13(8-6-12)16(18,19)20/h2-9H,10,21H2,1H3. The van der Waals surface area contributed by atoms with Crippen LogP contribution in [0.4, 0.5) is 17.6 Å². The molecule has 0 spiro atoms. The summed E-state index contributed by atoms with van der Waals surface area (Å²) in [5, 5.41) is 0. The van der Waals surface area contributed by atoms with Crippen LogP contribution in [-0.4, -0.2) is 0 Å². The van der Waals surface area contributed by atoms with Crippen LogP contribution in [0.5, 0.6) is 0 Å². The lowest BCUT2D eigenvalue weighted by Gasteiger charge is -2.26. The first-order valence-corrected chi connectivity index (χ1v) is 6.39. The highest BCUT2D eigenvalue weighted by molar-refractivity contribution is 5.31. The van der Waals surface area contributed by atoms with E-state index in [2.05, 4.69) is 0 Å². The molecule has 2 aromatic carbocycles. The van der Waals surface area contributed by atoms with Crippen molar-refractivity contribution < 1.29 is 17.6 Å². The van der Waals surface area contributed by atoms with Gasteiger partial charge in [0, 0.05) is 5.54 Å². The zero-order chi connectivity index (χ0) is 15.7. The van der Waals surface area contributed by atoms with Crippen LogP contribution >= 0.6 is 0 Å². The number of hydrogen-bond acceptors (Lipinski definition) is 1. The summed E-state index contributed by atoms with van der Waals surface area (Å²) in [5.41, 5.74) is 5.85. The molecule has 0 amide bonds. The predicted octanol–water partition coefficient (Wildman–Crippen LogP) is 4.26.